The van der Waals surface area contributed by atoms with Crippen LogP contribution in [0.2, 0.25) is 0 Å². The lowest BCUT2D eigenvalue weighted by Crippen LogP contribution is -2.22. The van der Waals surface area contributed by atoms with Crippen molar-refractivity contribution >= 4 is 21.5 Å². The molecule has 0 aromatic heterocycles. The van der Waals surface area contributed by atoms with Crippen molar-refractivity contribution in [3.8, 4) is 0 Å². The number of carbonyl (C=O) groups is 1. The number of anilines is 1. The molecule has 0 spiro atoms. The monoisotopic (exact) mass is 295 g/mol. The Kier molecular flexibility index (Phi) is 4.56. The number of rotatable bonds is 5. The number of ketones is 1. The summed E-state index contributed by atoms with van der Waals surface area (Å²) in [5, 5.41) is 0. The number of Topliss-reactive ketones (excluding diaryl/α,β-unsaturated/α-hetero) is 1. The smallest absolute Gasteiger partial charge is 0.284 e. The normalized spacial score (nSPS) is 12.2. The number of nitrogens with one attached hydrogen (secondary N) is 1. The molecular weight excluding hydrogens is 283 g/mol. The first-order valence-corrected chi connectivity index (χ1v) is 7.03. The zero-order chi connectivity index (χ0) is 14.7. The Labute approximate surface area is 108 Å². The number of hydrogen-bond donors (Lipinski definition) is 1. The predicted octanol–water partition coefficient (Wildman–Crippen LogP) is 2.58. The second kappa shape index (κ2) is 5.60. The lowest BCUT2D eigenvalue weighted by molar-refractivity contribution is -0.0885. The second-order valence-electron chi connectivity index (χ2n) is 3.83. The summed E-state index contributed by atoms with van der Waals surface area (Å²) in [7, 11) is -3.50. The Balaban J connectivity index is 2.86. The molecular formula is C11H12F3NO3S. The fourth-order valence-corrected chi connectivity index (χ4v) is 2.49. The molecule has 1 aromatic carbocycles. The highest BCUT2D eigenvalue weighted by Crippen LogP contribution is 2.22. The van der Waals surface area contributed by atoms with E-state index in [1.54, 1.807) is 6.92 Å². The Hall–Kier alpha value is -1.57. The van der Waals surface area contributed by atoms with Crippen molar-refractivity contribution in [2.45, 2.75) is 19.5 Å². The van der Waals surface area contributed by atoms with Crippen LogP contribution in [0.25, 0.3) is 0 Å². The van der Waals surface area contributed by atoms with E-state index >= 15 is 0 Å². The van der Waals surface area contributed by atoms with Gasteiger partial charge in [-0.15, -0.1) is 0 Å². The molecule has 0 fully saturated rings. The van der Waals surface area contributed by atoms with Crippen LogP contribution < -0.4 is 4.72 Å². The minimum Gasteiger partial charge on any atom is -0.284 e. The molecule has 0 radical (unpaired) electrons. The number of halogens is 3. The van der Waals surface area contributed by atoms with Crippen LogP contribution in [-0.2, 0) is 10.0 Å². The first kappa shape index (κ1) is 15.5. The molecule has 106 valence electrons. The Bertz CT molecular complexity index is 550. The Morgan fingerprint density at radius 2 is 1.74 bits per heavy atom. The lowest BCUT2D eigenvalue weighted by atomic mass is 10.1. The van der Waals surface area contributed by atoms with Crippen molar-refractivity contribution in [2.75, 3.05) is 10.5 Å². The SMILES string of the molecule is CCCS(=O)(=O)Nc1ccc(C(=O)C(F)(F)F)cc1. The van der Waals surface area contributed by atoms with Crippen molar-refractivity contribution in [3.05, 3.63) is 29.8 Å². The van der Waals surface area contributed by atoms with Gasteiger partial charge < -0.3 is 0 Å². The molecule has 0 heterocycles. The van der Waals surface area contributed by atoms with E-state index in [4.69, 9.17) is 0 Å². The van der Waals surface area contributed by atoms with Crippen molar-refractivity contribution in [2.24, 2.45) is 0 Å². The Morgan fingerprint density at radius 1 is 1.21 bits per heavy atom. The third-order valence-electron chi connectivity index (χ3n) is 2.15. The summed E-state index contributed by atoms with van der Waals surface area (Å²) in [5.41, 5.74) is -0.418. The molecule has 8 heteroatoms. The summed E-state index contributed by atoms with van der Waals surface area (Å²) in [4.78, 5) is 10.9. The highest BCUT2D eigenvalue weighted by atomic mass is 32.2. The molecule has 0 atom stereocenters. The van der Waals surface area contributed by atoms with E-state index in [9.17, 15) is 26.4 Å². The molecule has 0 aliphatic rings. The number of benzene rings is 1. The lowest BCUT2D eigenvalue weighted by Gasteiger charge is -2.08. The van der Waals surface area contributed by atoms with E-state index < -0.39 is 27.5 Å². The van der Waals surface area contributed by atoms with Gasteiger partial charge in [0.25, 0.3) is 5.78 Å². The molecule has 4 nitrogen and oxygen atoms in total. The van der Waals surface area contributed by atoms with Gasteiger partial charge in [-0.05, 0) is 30.7 Å². The number of sulfonamides is 1. The van der Waals surface area contributed by atoms with Gasteiger partial charge in [-0.3, -0.25) is 9.52 Å². The average molecular weight is 295 g/mol. The quantitative estimate of drug-likeness (QED) is 0.849. The fraction of sp³-hybridized carbons (Fsp3) is 0.364. The fourth-order valence-electron chi connectivity index (χ4n) is 1.35. The summed E-state index contributed by atoms with van der Waals surface area (Å²) in [6, 6.07) is 4.09. The van der Waals surface area contributed by atoms with E-state index in [1.165, 1.54) is 0 Å². The summed E-state index contributed by atoms with van der Waals surface area (Å²) in [5.74, 6) is -2.05. The van der Waals surface area contributed by atoms with E-state index in [-0.39, 0.29) is 11.4 Å². The van der Waals surface area contributed by atoms with Crippen LogP contribution in [0.15, 0.2) is 24.3 Å². The molecule has 0 amide bonds. The maximum absolute atomic E-state index is 12.1. The van der Waals surface area contributed by atoms with E-state index in [0.29, 0.717) is 6.42 Å². The summed E-state index contributed by atoms with van der Waals surface area (Å²) >= 11 is 0. The maximum atomic E-state index is 12.1. The second-order valence-corrected chi connectivity index (χ2v) is 5.67. The van der Waals surface area contributed by atoms with Gasteiger partial charge in [0.2, 0.25) is 10.0 Å². The van der Waals surface area contributed by atoms with Gasteiger partial charge in [0.15, 0.2) is 0 Å². The molecule has 1 aromatic rings. The first-order chi connectivity index (χ1) is 8.65. The van der Waals surface area contributed by atoms with Gasteiger partial charge >= 0.3 is 6.18 Å². The highest BCUT2D eigenvalue weighted by molar-refractivity contribution is 7.92. The predicted molar refractivity (Wildman–Crippen MR) is 64.5 cm³/mol. The van der Waals surface area contributed by atoms with Crippen molar-refractivity contribution < 1.29 is 26.4 Å². The average Bonchev–Trinajstić information content (AvgIpc) is 2.27. The molecule has 0 aliphatic carbocycles. The van der Waals surface area contributed by atoms with Crippen molar-refractivity contribution in [3.63, 3.8) is 0 Å². The first-order valence-electron chi connectivity index (χ1n) is 5.38. The molecule has 0 unspecified atom stereocenters. The van der Waals surface area contributed by atoms with Crippen LogP contribution in [0.3, 0.4) is 0 Å². The van der Waals surface area contributed by atoms with Crippen LogP contribution in [0.5, 0.6) is 0 Å². The topological polar surface area (TPSA) is 63.2 Å². The summed E-state index contributed by atoms with van der Waals surface area (Å²) < 4.78 is 61.5. The zero-order valence-electron chi connectivity index (χ0n) is 9.99. The molecule has 1 N–H and O–H groups in total. The number of alkyl halides is 3. The third kappa shape index (κ3) is 4.55. The molecule has 0 saturated carbocycles. The molecule has 1 rings (SSSR count). The van der Waals surface area contributed by atoms with E-state index in [0.717, 1.165) is 24.3 Å². The maximum Gasteiger partial charge on any atom is 0.454 e. The largest absolute Gasteiger partial charge is 0.454 e. The Morgan fingerprint density at radius 3 is 2.16 bits per heavy atom. The molecule has 0 bridgehead atoms. The van der Waals surface area contributed by atoms with Crippen LogP contribution in [0.4, 0.5) is 18.9 Å². The minimum atomic E-state index is -4.94. The van der Waals surface area contributed by atoms with Gasteiger partial charge in [-0.1, -0.05) is 6.92 Å². The van der Waals surface area contributed by atoms with Gasteiger partial charge in [0, 0.05) is 11.3 Å². The van der Waals surface area contributed by atoms with Crippen molar-refractivity contribution in [1.82, 2.24) is 0 Å². The molecule has 0 saturated heterocycles. The summed E-state index contributed by atoms with van der Waals surface area (Å²) in [6.07, 6.45) is -4.52. The molecule has 0 aliphatic heterocycles. The number of carbonyl (C=O) groups excluding carboxylic acids is 1. The zero-order valence-corrected chi connectivity index (χ0v) is 10.8. The summed E-state index contributed by atoms with van der Waals surface area (Å²) in [6.45, 7) is 1.68. The number of hydrogen-bond acceptors (Lipinski definition) is 3. The van der Waals surface area contributed by atoms with Gasteiger partial charge in [0.05, 0.1) is 5.75 Å². The standard InChI is InChI=1S/C11H12F3NO3S/c1-2-7-19(17,18)15-9-5-3-8(4-6-9)10(16)11(12,13)14/h3-6,15H,2,7H2,1H3. The third-order valence-corrected chi connectivity index (χ3v) is 3.64. The van der Waals surface area contributed by atoms with Crippen LogP contribution in [0, 0.1) is 0 Å². The van der Waals surface area contributed by atoms with Gasteiger partial charge in [-0.25, -0.2) is 8.42 Å². The van der Waals surface area contributed by atoms with Gasteiger partial charge in [-0.2, -0.15) is 13.2 Å². The van der Waals surface area contributed by atoms with Crippen LogP contribution >= 0.6 is 0 Å². The minimum absolute atomic E-state index is 0.0871. The van der Waals surface area contributed by atoms with Gasteiger partial charge in [0.1, 0.15) is 0 Å². The highest BCUT2D eigenvalue weighted by Gasteiger charge is 2.39. The van der Waals surface area contributed by atoms with Crippen molar-refractivity contribution in [1.29, 1.82) is 0 Å². The van der Waals surface area contributed by atoms with E-state index in [2.05, 4.69) is 4.72 Å². The van der Waals surface area contributed by atoms with Crippen LogP contribution in [-0.4, -0.2) is 26.1 Å². The molecule has 19 heavy (non-hydrogen) atoms. The van der Waals surface area contributed by atoms with E-state index in [1.807, 2.05) is 0 Å². The van der Waals surface area contributed by atoms with Crippen LogP contribution in [0.1, 0.15) is 23.7 Å².